The molecule has 0 fully saturated rings. The van der Waals surface area contributed by atoms with Crippen molar-refractivity contribution >= 4 is 51.0 Å². The lowest BCUT2D eigenvalue weighted by Crippen LogP contribution is -2.12. The molecule has 0 heterocycles. The average Bonchev–Trinajstić information content (AvgIpc) is 2.89. The van der Waals surface area contributed by atoms with Gasteiger partial charge in [0.05, 0.1) is 16.9 Å². The molecule has 0 spiro atoms. The minimum Gasteiger partial charge on any atom is -0.293 e. The third kappa shape index (κ3) is 8.46. The summed E-state index contributed by atoms with van der Waals surface area (Å²) in [7, 11) is 0. The highest BCUT2D eigenvalue weighted by Crippen LogP contribution is 2.30. The molecule has 2 nitrogen and oxygen atoms in total. The highest BCUT2D eigenvalue weighted by Gasteiger charge is 2.20. The van der Waals surface area contributed by atoms with E-state index < -0.39 is 15.8 Å². The van der Waals surface area contributed by atoms with Crippen molar-refractivity contribution in [1.82, 2.24) is 0 Å². The van der Waals surface area contributed by atoms with Crippen molar-refractivity contribution in [3.63, 3.8) is 0 Å². The average molecular weight is 572 g/mol. The van der Waals surface area contributed by atoms with Crippen LogP contribution in [0.1, 0.15) is 20.7 Å². The number of ketones is 2. The second-order valence-electron chi connectivity index (χ2n) is 7.10. The summed E-state index contributed by atoms with van der Waals surface area (Å²) in [6.07, 6.45) is 0. The first kappa shape index (κ1) is 26.9. The predicted octanol–water partition coefficient (Wildman–Crippen LogP) is 8.32. The fraction of sp³-hybridized carbons (Fsp3) is 0.0714. The van der Waals surface area contributed by atoms with E-state index >= 15 is 0 Å². The fourth-order valence-electron chi connectivity index (χ4n) is 2.89. The standard InChI is InChI=1S/C14H10BrFOS.C14H11FOS/c15-14(18-10-6-2-1-3-7-10)13(17)11-8-4-5-9-12(11)16;15-13-9-5-4-8-12(13)14(16)10-17-11-6-2-1-3-7-11/h1-9,14H;1-9H,10H2. The van der Waals surface area contributed by atoms with Crippen molar-refractivity contribution in [2.75, 3.05) is 5.75 Å². The molecule has 0 aliphatic carbocycles. The van der Waals surface area contributed by atoms with Crippen molar-refractivity contribution in [2.45, 2.75) is 14.0 Å². The van der Waals surface area contributed by atoms with Gasteiger partial charge < -0.3 is 0 Å². The number of carbonyl (C=O) groups excluding carboxylic acids is 2. The van der Waals surface area contributed by atoms with Crippen LogP contribution in [0.2, 0.25) is 0 Å². The molecule has 0 aliphatic heterocycles. The third-order valence-electron chi connectivity index (χ3n) is 4.62. The van der Waals surface area contributed by atoms with Gasteiger partial charge in [-0.2, -0.15) is 0 Å². The van der Waals surface area contributed by atoms with Gasteiger partial charge in [0, 0.05) is 9.79 Å². The Hall–Kier alpha value is -2.74. The van der Waals surface area contributed by atoms with Gasteiger partial charge in [0.2, 0.25) is 0 Å². The number of carbonyl (C=O) groups is 2. The summed E-state index contributed by atoms with van der Waals surface area (Å²) in [5.41, 5.74) is 0.277. The van der Waals surface area contributed by atoms with Crippen molar-refractivity contribution < 1.29 is 18.4 Å². The van der Waals surface area contributed by atoms with Gasteiger partial charge in [-0.1, -0.05) is 76.6 Å². The minimum atomic E-state index is -0.489. The summed E-state index contributed by atoms with van der Waals surface area (Å²) < 4.78 is 26.3. The number of Topliss-reactive ketones (excluding diaryl/α,β-unsaturated/α-hetero) is 2. The Kier molecular flexibility index (Phi) is 10.7. The first-order valence-electron chi connectivity index (χ1n) is 10.6. The second kappa shape index (κ2) is 14.0. The van der Waals surface area contributed by atoms with Gasteiger partial charge in [0.25, 0.3) is 0 Å². The number of alkyl halides is 1. The molecule has 35 heavy (non-hydrogen) atoms. The number of hydrogen-bond acceptors (Lipinski definition) is 4. The SMILES string of the molecule is O=C(CSc1ccccc1)c1ccccc1F.O=C(c1ccccc1F)C(Br)Sc1ccccc1. The molecule has 0 aromatic heterocycles. The first-order valence-corrected chi connectivity index (χ1v) is 13.3. The number of rotatable bonds is 8. The van der Waals surface area contributed by atoms with E-state index in [1.807, 2.05) is 60.7 Å². The van der Waals surface area contributed by atoms with Crippen LogP contribution < -0.4 is 0 Å². The van der Waals surface area contributed by atoms with Gasteiger partial charge in [-0.3, -0.25) is 9.59 Å². The van der Waals surface area contributed by atoms with Crippen LogP contribution in [-0.2, 0) is 0 Å². The lowest BCUT2D eigenvalue weighted by atomic mass is 10.1. The van der Waals surface area contributed by atoms with E-state index in [0.29, 0.717) is 0 Å². The molecule has 0 N–H and O–H groups in total. The maximum absolute atomic E-state index is 13.5. The van der Waals surface area contributed by atoms with Crippen molar-refractivity contribution in [1.29, 1.82) is 0 Å². The highest BCUT2D eigenvalue weighted by molar-refractivity contribution is 9.11. The van der Waals surface area contributed by atoms with Crippen molar-refractivity contribution in [3.05, 3.63) is 132 Å². The van der Waals surface area contributed by atoms with E-state index in [1.165, 1.54) is 47.8 Å². The maximum atomic E-state index is 13.5. The quantitative estimate of drug-likeness (QED) is 0.121. The zero-order valence-electron chi connectivity index (χ0n) is 18.4. The van der Waals surface area contributed by atoms with E-state index in [1.54, 1.807) is 24.3 Å². The molecule has 0 saturated carbocycles. The van der Waals surface area contributed by atoms with Crippen LogP contribution in [0.15, 0.2) is 119 Å². The molecule has 7 heteroatoms. The Morgan fingerprint density at radius 2 is 1.11 bits per heavy atom. The molecule has 4 aromatic carbocycles. The molecule has 0 radical (unpaired) electrons. The summed E-state index contributed by atoms with van der Waals surface area (Å²) in [6.45, 7) is 0. The van der Waals surface area contributed by atoms with Gasteiger partial charge in [-0.25, -0.2) is 8.78 Å². The Bertz CT molecular complexity index is 1250. The summed E-state index contributed by atoms with van der Waals surface area (Å²) in [6, 6.07) is 31.2. The Morgan fingerprint density at radius 1 is 0.657 bits per heavy atom. The van der Waals surface area contributed by atoms with E-state index in [2.05, 4.69) is 15.9 Å². The van der Waals surface area contributed by atoms with Crippen LogP contribution in [-0.4, -0.2) is 21.5 Å². The number of halogens is 3. The molecule has 178 valence electrons. The second-order valence-corrected chi connectivity index (χ2v) is 10.8. The van der Waals surface area contributed by atoms with Crippen LogP contribution in [0.25, 0.3) is 0 Å². The smallest absolute Gasteiger partial charge is 0.189 e. The van der Waals surface area contributed by atoms with E-state index in [9.17, 15) is 18.4 Å². The van der Waals surface area contributed by atoms with Crippen LogP contribution in [0.4, 0.5) is 8.78 Å². The van der Waals surface area contributed by atoms with E-state index in [-0.39, 0.29) is 28.4 Å². The van der Waals surface area contributed by atoms with Crippen LogP contribution in [0.3, 0.4) is 0 Å². The minimum absolute atomic E-state index is 0.114. The Morgan fingerprint density at radius 3 is 1.66 bits per heavy atom. The lowest BCUT2D eigenvalue weighted by Gasteiger charge is -2.09. The largest absolute Gasteiger partial charge is 0.293 e. The van der Waals surface area contributed by atoms with Crippen LogP contribution in [0.5, 0.6) is 0 Å². The Labute approximate surface area is 220 Å². The summed E-state index contributed by atoms with van der Waals surface area (Å²) in [5.74, 6) is -1.13. The van der Waals surface area contributed by atoms with Gasteiger partial charge in [0.1, 0.15) is 15.8 Å². The maximum Gasteiger partial charge on any atom is 0.189 e. The van der Waals surface area contributed by atoms with Crippen molar-refractivity contribution in [2.24, 2.45) is 0 Å². The Balaban J connectivity index is 0.000000196. The van der Waals surface area contributed by atoms with Gasteiger partial charge in [-0.15, -0.1) is 23.5 Å². The normalized spacial score (nSPS) is 11.2. The summed E-state index contributed by atoms with van der Waals surface area (Å²) in [5, 5.41) is 0. The summed E-state index contributed by atoms with van der Waals surface area (Å²) >= 11 is 6.07. The van der Waals surface area contributed by atoms with Gasteiger partial charge in [0.15, 0.2) is 11.6 Å². The molecule has 0 saturated heterocycles. The molecule has 1 unspecified atom stereocenters. The van der Waals surface area contributed by atoms with Crippen LogP contribution >= 0.6 is 39.5 Å². The van der Waals surface area contributed by atoms with Crippen molar-refractivity contribution in [3.8, 4) is 0 Å². The fourth-order valence-corrected chi connectivity index (χ4v) is 5.37. The van der Waals surface area contributed by atoms with Crippen LogP contribution in [0, 0.1) is 11.6 Å². The zero-order chi connectivity index (χ0) is 25.0. The first-order chi connectivity index (χ1) is 17.0. The van der Waals surface area contributed by atoms with Gasteiger partial charge in [-0.05, 0) is 48.5 Å². The lowest BCUT2D eigenvalue weighted by molar-refractivity contribution is 0.100. The molecule has 4 rings (SSSR count). The molecule has 0 bridgehead atoms. The molecule has 0 amide bonds. The van der Waals surface area contributed by atoms with E-state index in [0.717, 1.165) is 9.79 Å². The number of hydrogen-bond donors (Lipinski definition) is 0. The topological polar surface area (TPSA) is 34.1 Å². The molecular weight excluding hydrogens is 550 g/mol. The number of benzene rings is 4. The monoisotopic (exact) mass is 570 g/mol. The number of thioether (sulfide) groups is 2. The zero-order valence-corrected chi connectivity index (χ0v) is 21.7. The molecule has 0 aliphatic rings. The third-order valence-corrected chi connectivity index (χ3v) is 7.57. The van der Waals surface area contributed by atoms with Gasteiger partial charge >= 0.3 is 0 Å². The molecule has 1 atom stereocenters. The molecule has 4 aromatic rings. The van der Waals surface area contributed by atoms with E-state index in [4.69, 9.17) is 0 Å². The predicted molar refractivity (Wildman–Crippen MR) is 144 cm³/mol. The molecular formula is C28H21BrF2O2S2. The highest BCUT2D eigenvalue weighted by atomic mass is 79.9. The summed E-state index contributed by atoms with van der Waals surface area (Å²) in [4.78, 5) is 25.8.